The molecule has 0 amide bonds. The van der Waals surface area contributed by atoms with E-state index in [9.17, 15) is 4.39 Å². The third kappa shape index (κ3) is 2.38. The van der Waals surface area contributed by atoms with Crippen LogP contribution in [0.3, 0.4) is 0 Å². The Balaban J connectivity index is 2.27. The molecule has 1 N–H and O–H groups in total. The van der Waals surface area contributed by atoms with Gasteiger partial charge in [0.1, 0.15) is 5.75 Å². The summed E-state index contributed by atoms with van der Waals surface area (Å²) in [5, 5.41) is 8.94. The molecule has 0 spiro atoms. The molecule has 2 rings (SSSR count). The first-order valence-electron chi connectivity index (χ1n) is 4.92. The smallest absolute Gasteiger partial charge is 0.165 e. The molecule has 0 aliphatic rings. The van der Waals surface area contributed by atoms with Crippen molar-refractivity contribution in [3.63, 3.8) is 0 Å². The van der Waals surface area contributed by atoms with Gasteiger partial charge >= 0.3 is 0 Å². The number of benzene rings is 2. The predicted octanol–water partition coefficient (Wildman–Crippen LogP) is 3.11. The van der Waals surface area contributed by atoms with E-state index in [4.69, 9.17) is 9.84 Å². The lowest BCUT2D eigenvalue weighted by molar-refractivity contribution is 0.281. The minimum Gasteiger partial charge on any atom is -0.454 e. The first-order chi connectivity index (χ1) is 7.79. The van der Waals surface area contributed by atoms with Crippen molar-refractivity contribution in [2.45, 2.75) is 6.61 Å². The zero-order valence-electron chi connectivity index (χ0n) is 8.56. The van der Waals surface area contributed by atoms with Crippen LogP contribution in [-0.2, 0) is 6.61 Å². The van der Waals surface area contributed by atoms with Crippen molar-refractivity contribution in [2.75, 3.05) is 0 Å². The van der Waals surface area contributed by atoms with E-state index in [-0.39, 0.29) is 12.4 Å². The Morgan fingerprint density at radius 2 is 1.81 bits per heavy atom. The first-order valence-corrected chi connectivity index (χ1v) is 4.92. The van der Waals surface area contributed by atoms with E-state index in [1.807, 2.05) is 18.2 Å². The monoisotopic (exact) mass is 218 g/mol. The van der Waals surface area contributed by atoms with Crippen LogP contribution in [0.4, 0.5) is 4.39 Å². The minimum atomic E-state index is -0.443. The van der Waals surface area contributed by atoms with E-state index in [0.29, 0.717) is 11.3 Å². The fourth-order valence-electron chi connectivity index (χ4n) is 1.34. The van der Waals surface area contributed by atoms with Crippen molar-refractivity contribution in [1.29, 1.82) is 0 Å². The normalized spacial score (nSPS) is 10.1. The number of para-hydroxylation sites is 1. The average molecular weight is 218 g/mol. The summed E-state index contributed by atoms with van der Waals surface area (Å²) < 4.78 is 18.8. The van der Waals surface area contributed by atoms with Gasteiger partial charge in [0, 0.05) is 0 Å². The maximum Gasteiger partial charge on any atom is 0.165 e. The third-order valence-electron chi connectivity index (χ3n) is 2.15. The second-order valence-electron chi connectivity index (χ2n) is 3.34. The minimum absolute atomic E-state index is 0.123. The summed E-state index contributed by atoms with van der Waals surface area (Å²) in [6.45, 7) is -0.134. The molecule has 16 heavy (non-hydrogen) atoms. The van der Waals surface area contributed by atoms with Gasteiger partial charge in [0.15, 0.2) is 11.6 Å². The van der Waals surface area contributed by atoms with Crippen molar-refractivity contribution in [2.24, 2.45) is 0 Å². The number of rotatable bonds is 3. The molecule has 0 heterocycles. The number of aliphatic hydroxyl groups excluding tert-OH is 1. The molecule has 0 saturated carbocycles. The van der Waals surface area contributed by atoms with Crippen LogP contribution < -0.4 is 4.74 Å². The van der Waals surface area contributed by atoms with Crippen LogP contribution in [0, 0.1) is 5.82 Å². The van der Waals surface area contributed by atoms with Crippen molar-refractivity contribution in [3.8, 4) is 11.5 Å². The number of hydrogen-bond acceptors (Lipinski definition) is 2. The molecular formula is C13H11FO2. The fraction of sp³-hybridized carbons (Fsp3) is 0.0769. The van der Waals surface area contributed by atoms with E-state index in [2.05, 4.69) is 0 Å². The average Bonchev–Trinajstić information content (AvgIpc) is 2.33. The molecule has 0 bridgehead atoms. The summed E-state index contributed by atoms with van der Waals surface area (Å²) in [7, 11) is 0. The highest BCUT2D eigenvalue weighted by Crippen LogP contribution is 2.25. The van der Waals surface area contributed by atoms with E-state index in [1.165, 1.54) is 18.2 Å². The van der Waals surface area contributed by atoms with E-state index in [0.717, 1.165) is 0 Å². The van der Waals surface area contributed by atoms with E-state index in [1.54, 1.807) is 12.1 Å². The van der Waals surface area contributed by atoms with Crippen molar-refractivity contribution < 1.29 is 14.2 Å². The van der Waals surface area contributed by atoms with Gasteiger partial charge in [0.25, 0.3) is 0 Å². The van der Waals surface area contributed by atoms with Crippen LogP contribution in [0.2, 0.25) is 0 Å². The molecule has 0 fully saturated rings. The Bertz CT molecular complexity index is 469. The number of ether oxygens (including phenoxy) is 1. The highest BCUT2D eigenvalue weighted by Gasteiger charge is 2.05. The summed E-state index contributed by atoms with van der Waals surface area (Å²) in [5.41, 5.74) is 0.618. The molecule has 0 saturated heterocycles. The van der Waals surface area contributed by atoms with Gasteiger partial charge in [-0.2, -0.15) is 0 Å². The number of aliphatic hydroxyl groups is 1. The summed E-state index contributed by atoms with van der Waals surface area (Å²) in [5.74, 6) is 0.246. The van der Waals surface area contributed by atoms with Crippen molar-refractivity contribution in [3.05, 3.63) is 59.9 Å². The van der Waals surface area contributed by atoms with Gasteiger partial charge in [-0.25, -0.2) is 4.39 Å². The lowest BCUT2D eigenvalue weighted by Gasteiger charge is -2.07. The van der Waals surface area contributed by atoms with Crippen LogP contribution in [0.15, 0.2) is 48.5 Å². The zero-order valence-corrected chi connectivity index (χ0v) is 8.56. The molecule has 2 aromatic rings. The maximum atomic E-state index is 13.4. The van der Waals surface area contributed by atoms with Gasteiger partial charge in [-0.1, -0.05) is 24.3 Å². The lowest BCUT2D eigenvalue weighted by Crippen LogP contribution is -1.91. The van der Waals surface area contributed by atoms with Crippen LogP contribution in [0.25, 0.3) is 0 Å². The standard InChI is InChI=1S/C13H11FO2/c14-12-7-6-10(9-15)8-13(12)16-11-4-2-1-3-5-11/h1-8,15H,9H2. The summed E-state index contributed by atoms with van der Waals surface area (Å²) in [4.78, 5) is 0. The van der Waals surface area contributed by atoms with Crippen LogP contribution in [0.5, 0.6) is 11.5 Å². The van der Waals surface area contributed by atoms with Crippen molar-refractivity contribution >= 4 is 0 Å². The van der Waals surface area contributed by atoms with Crippen LogP contribution in [0.1, 0.15) is 5.56 Å². The first kappa shape index (κ1) is 10.6. The molecule has 3 heteroatoms. The second kappa shape index (κ2) is 4.77. The molecule has 2 nitrogen and oxygen atoms in total. The Kier molecular flexibility index (Phi) is 3.17. The van der Waals surface area contributed by atoms with E-state index >= 15 is 0 Å². The number of halogens is 1. The van der Waals surface area contributed by atoms with Crippen LogP contribution >= 0.6 is 0 Å². The molecular weight excluding hydrogens is 207 g/mol. The largest absolute Gasteiger partial charge is 0.454 e. The summed E-state index contributed by atoms with van der Waals surface area (Å²) in [6, 6.07) is 13.2. The second-order valence-corrected chi connectivity index (χ2v) is 3.34. The summed E-state index contributed by atoms with van der Waals surface area (Å²) >= 11 is 0. The van der Waals surface area contributed by atoms with Gasteiger partial charge in [0.2, 0.25) is 0 Å². The van der Waals surface area contributed by atoms with Gasteiger partial charge in [-0.05, 0) is 29.8 Å². The predicted molar refractivity (Wildman–Crippen MR) is 58.8 cm³/mol. The van der Waals surface area contributed by atoms with Gasteiger partial charge in [0.05, 0.1) is 6.61 Å². The molecule has 0 aliphatic heterocycles. The Labute approximate surface area is 92.9 Å². The molecule has 0 aromatic heterocycles. The molecule has 82 valence electrons. The van der Waals surface area contributed by atoms with E-state index < -0.39 is 5.82 Å². The van der Waals surface area contributed by atoms with Crippen LogP contribution in [-0.4, -0.2) is 5.11 Å². The van der Waals surface area contributed by atoms with Crippen molar-refractivity contribution in [1.82, 2.24) is 0 Å². The zero-order chi connectivity index (χ0) is 11.4. The third-order valence-corrected chi connectivity index (χ3v) is 2.15. The van der Waals surface area contributed by atoms with Gasteiger partial charge in [-0.3, -0.25) is 0 Å². The number of hydrogen-bond donors (Lipinski definition) is 1. The maximum absolute atomic E-state index is 13.4. The SMILES string of the molecule is OCc1ccc(F)c(Oc2ccccc2)c1. The lowest BCUT2D eigenvalue weighted by atomic mass is 10.2. The Hall–Kier alpha value is -1.87. The topological polar surface area (TPSA) is 29.5 Å². The molecule has 0 unspecified atom stereocenters. The molecule has 0 radical (unpaired) electrons. The Morgan fingerprint density at radius 1 is 1.06 bits per heavy atom. The highest BCUT2D eigenvalue weighted by molar-refractivity contribution is 5.34. The fourth-order valence-corrected chi connectivity index (χ4v) is 1.34. The molecule has 2 aromatic carbocycles. The quantitative estimate of drug-likeness (QED) is 0.857. The molecule has 0 atom stereocenters. The molecule has 0 aliphatic carbocycles. The van der Waals surface area contributed by atoms with Gasteiger partial charge < -0.3 is 9.84 Å². The summed E-state index contributed by atoms with van der Waals surface area (Å²) in [6.07, 6.45) is 0. The van der Waals surface area contributed by atoms with Gasteiger partial charge in [-0.15, -0.1) is 0 Å². The highest BCUT2D eigenvalue weighted by atomic mass is 19.1. The Morgan fingerprint density at radius 3 is 2.50 bits per heavy atom.